The van der Waals surface area contributed by atoms with Gasteiger partial charge in [-0.25, -0.2) is 0 Å². The fourth-order valence-electron chi connectivity index (χ4n) is 5.00. The zero-order valence-corrected chi connectivity index (χ0v) is 23.0. The number of alkyl halides is 5. The molecule has 0 saturated carbocycles. The van der Waals surface area contributed by atoms with E-state index < -0.39 is 35.7 Å². The Kier molecular flexibility index (Phi) is 12.0. The third-order valence-electron chi connectivity index (χ3n) is 7.06. The first-order chi connectivity index (χ1) is 18.6. The summed E-state index contributed by atoms with van der Waals surface area (Å²) in [6.45, 7) is 1.43. The van der Waals surface area contributed by atoms with E-state index in [9.17, 15) is 31.3 Å². The molecule has 3 nitrogen and oxygen atoms in total. The van der Waals surface area contributed by atoms with Crippen LogP contribution < -0.4 is 5.32 Å². The van der Waals surface area contributed by atoms with Crippen LogP contribution in [0.25, 0.3) is 11.1 Å². The quantitative estimate of drug-likeness (QED) is 0.169. The molecule has 0 fully saturated rings. The lowest BCUT2D eigenvalue weighted by molar-refractivity contribution is -0.284. The maximum Gasteiger partial charge on any atom is 0.453 e. The van der Waals surface area contributed by atoms with Crippen molar-refractivity contribution >= 4 is 21.9 Å². The molecular formula is C30H38F5NO2S. The summed E-state index contributed by atoms with van der Waals surface area (Å²) >= 11 is 0. The van der Waals surface area contributed by atoms with Crippen LogP contribution in [0.3, 0.4) is 0 Å². The van der Waals surface area contributed by atoms with Gasteiger partial charge in [0.15, 0.2) is 0 Å². The zero-order chi connectivity index (χ0) is 28.3. The van der Waals surface area contributed by atoms with Crippen molar-refractivity contribution in [1.29, 1.82) is 0 Å². The number of allylic oxidation sites excluding steroid dienone is 2. The Morgan fingerprint density at radius 3 is 2.31 bits per heavy atom. The van der Waals surface area contributed by atoms with Gasteiger partial charge in [-0.1, -0.05) is 42.8 Å². The Balaban J connectivity index is 1.38. The molecule has 2 aromatic rings. The number of benzene rings is 2. The third kappa shape index (κ3) is 9.71. The molecule has 0 aliphatic heterocycles. The molecule has 1 aliphatic rings. The molecule has 0 bridgehead atoms. The average molecular weight is 572 g/mol. The van der Waals surface area contributed by atoms with Crippen molar-refractivity contribution in [3.63, 3.8) is 0 Å². The van der Waals surface area contributed by atoms with Gasteiger partial charge in [0.2, 0.25) is 0 Å². The van der Waals surface area contributed by atoms with Crippen molar-refractivity contribution in [2.24, 2.45) is 0 Å². The smallest absolute Gasteiger partial charge is 0.453 e. The molecule has 1 aliphatic carbocycles. The number of hydrogen-bond donors (Lipinski definition) is 2. The first kappa shape index (κ1) is 31.3. The minimum Gasteiger partial charge on any atom is -0.508 e. The summed E-state index contributed by atoms with van der Waals surface area (Å²) in [7, 11) is -1.40. The number of unbranched alkanes of at least 4 members (excludes halogenated alkanes) is 2. The van der Waals surface area contributed by atoms with Gasteiger partial charge in [-0.2, -0.15) is 22.0 Å². The van der Waals surface area contributed by atoms with Gasteiger partial charge in [0.1, 0.15) is 5.75 Å². The molecule has 0 aromatic heterocycles. The van der Waals surface area contributed by atoms with Crippen LogP contribution in [0, 0.1) is 0 Å². The predicted octanol–water partition coefficient (Wildman–Crippen LogP) is 7.91. The number of aromatic hydroxyl groups is 1. The molecule has 39 heavy (non-hydrogen) atoms. The van der Waals surface area contributed by atoms with E-state index in [1.165, 1.54) is 27.8 Å². The summed E-state index contributed by atoms with van der Waals surface area (Å²) in [6.07, 6.45) is 0.271. The van der Waals surface area contributed by atoms with Crippen molar-refractivity contribution in [2.75, 3.05) is 24.6 Å². The van der Waals surface area contributed by atoms with E-state index in [1.54, 1.807) is 6.07 Å². The largest absolute Gasteiger partial charge is 0.508 e. The second-order valence-electron chi connectivity index (χ2n) is 10.1. The van der Waals surface area contributed by atoms with Crippen molar-refractivity contribution in [3.05, 3.63) is 65.2 Å². The summed E-state index contributed by atoms with van der Waals surface area (Å²) < 4.78 is 74.3. The molecule has 0 amide bonds. The van der Waals surface area contributed by atoms with Gasteiger partial charge in [0.05, 0.1) is 0 Å². The van der Waals surface area contributed by atoms with Gasteiger partial charge >= 0.3 is 12.1 Å². The SMILES string of the molecule is O=S(CCCNCCCCCC1=C(c2ccccc2)CCCc2cc(O)ccc21)CCCC(F)(F)C(F)(F)F. The van der Waals surface area contributed by atoms with Crippen LogP contribution in [0.15, 0.2) is 48.5 Å². The lowest BCUT2D eigenvalue weighted by Gasteiger charge is -2.19. The minimum absolute atomic E-state index is 0.144. The van der Waals surface area contributed by atoms with Crippen LogP contribution in [-0.4, -0.2) is 46.0 Å². The zero-order valence-electron chi connectivity index (χ0n) is 22.2. The van der Waals surface area contributed by atoms with Crippen LogP contribution in [0.4, 0.5) is 22.0 Å². The lowest BCUT2D eigenvalue weighted by Crippen LogP contribution is -2.36. The lowest BCUT2D eigenvalue weighted by atomic mass is 9.89. The Morgan fingerprint density at radius 1 is 0.846 bits per heavy atom. The number of fused-ring (bicyclic) bond motifs is 1. The number of rotatable bonds is 15. The molecule has 2 N–H and O–H groups in total. The molecule has 9 heteroatoms. The Labute approximate surface area is 230 Å². The monoisotopic (exact) mass is 571 g/mol. The van der Waals surface area contributed by atoms with Gasteiger partial charge in [0, 0.05) is 28.7 Å². The highest BCUT2D eigenvalue weighted by Crippen LogP contribution is 2.40. The molecule has 1 atom stereocenters. The van der Waals surface area contributed by atoms with Gasteiger partial charge in [0.25, 0.3) is 0 Å². The van der Waals surface area contributed by atoms with Crippen LogP contribution in [0.1, 0.15) is 74.5 Å². The van der Waals surface area contributed by atoms with Gasteiger partial charge in [-0.15, -0.1) is 0 Å². The van der Waals surface area contributed by atoms with Crippen molar-refractivity contribution in [3.8, 4) is 5.75 Å². The minimum atomic E-state index is -5.55. The van der Waals surface area contributed by atoms with E-state index in [1.807, 2.05) is 18.2 Å². The number of phenols is 1. The number of hydrogen-bond acceptors (Lipinski definition) is 3. The molecule has 0 heterocycles. The summed E-state index contributed by atoms with van der Waals surface area (Å²) in [5, 5.41) is 13.3. The molecule has 2 aromatic carbocycles. The molecule has 3 rings (SSSR count). The fraction of sp³-hybridized carbons (Fsp3) is 0.533. The molecule has 0 spiro atoms. The predicted molar refractivity (Wildman–Crippen MR) is 148 cm³/mol. The molecule has 0 radical (unpaired) electrons. The Morgan fingerprint density at radius 2 is 1.56 bits per heavy atom. The number of aryl methyl sites for hydroxylation is 1. The summed E-state index contributed by atoms with van der Waals surface area (Å²) in [6, 6.07) is 16.2. The van der Waals surface area contributed by atoms with E-state index in [0.29, 0.717) is 18.7 Å². The van der Waals surface area contributed by atoms with Gasteiger partial charge < -0.3 is 10.4 Å². The number of phenolic OH excluding ortho intramolecular Hbond substituents is 1. The average Bonchev–Trinajstić information content (AvgIpc) is 3.06. The Bertz CT molecular complexity index is 1100. The third-order valence-corrected chi connectivity index (χ3v) is 8.54. The second-order valence-corrected chi connectivity index (χ2v) is 11.8. The first-order valence-corrected chi connectivity index (χ1v) is 15.2. The number of nitrogens with one attached hydrogen (secondary N) is 1. The van der Waals surface area contributed by atoms with Gasteiger partial charge in [-0.05, 0) is 104 Å². The highest BCUT2D eigenvalue weighted by molar-refractivity contribution is 7.84. The van der Waals surface area contributed by atoms with E-state index in [2.05, 4.69) is 29.6 Å². The first-order valence-electron chi connectivity index (χ1n) is 13.7. The topological polar surface area (TPSA) is 49.3 Å². The molecule has 216 valence electrons. The van der Waals surface area contributed by atoms with E-state index in [0.717, 1.165) is 51.5 Å². The summed E-state index contributed by atoms with van der Waals surface area (Å²) in [5.74, 6) is -4.28. The molecule has 1 unspecified atom stereocenters. The summed E-state index contributed by atoms with van der Waals surface area (Å²) in [4.78, 5) is 0. The standard InChI is InChI=1S/C30H38F5NO2S/c31-29(32,30(33,34)35)17-8-20-39(38)21-9-19-36-18-6-2-5-13-28-26(23-10-3-1-4-11-23)14-7-12-24-22-25(37)15-16-27(24)28/h1,3-4,10-11,15-16,22,36-37H,2,5-9,12-14,17-21H2. The van der Waals surface area contributed by atoms with E-state index in [-0.39, 0.29) is 11.5 Å². The highest BCUT2D eigenvalue weighted by Gasteiger charge is 2.56. The van der Waals surface area contributed by atoms with Crippen LogP contribution in [0.2, 0.25) is 0 Å². The number of halogens is 5. The maximum absolute atomic E-state index is 12.9. The van der Waals surface area contributed by atoms with Crippen LogP contribution in [0.5, 0.6) is 5.75 Å². The highest BCUT2D eigenvalue weighted by atomic mass is 32.2. The van der Waals surface area contributed by atoms with Gasteiger partial charge in [-0.3, -0.25) is 4.21 Å². The van der Waals surface area contributed by atoms with E-state index >= 15 is 0 Å². The van der Waals surface area contributed by atoms with Crippen molar-refractivity contribution in [1.82, 2.24) is 5.32 Å². The van der Waals surface area contributed by atoms with Crippen LogP contribution >= 0.6 is 0 Å². The van der Waals surface area contributed by atoms with E-state index in [4.69, 9.17) is 0 Å². The normalized spacial score (nSPS) is 15.2. The second kappa shape index (κ2) is 14.9. The maximum atomic E-state index is 12.9. The molecule has 0 saturated heterocycles. The Hall–Kier alpha value is -2.26. The van der Waals surface area contributed by atoms with Crippen molar-refractivity contribution < 1.29 is 31.3 Å². The fourth-order valence-corrected chi connectivity index (χ4v) is 6.14. The molecular weight excluding hydrogens is 533 g/mol. The van der Waals surface area contributed by atoms with Crippen LogP contribution in [-0.2, 0) is 17.2 Å². The van der Waals surface area contributed by atoms with Crippen molar-refractivity contribution in [2.45, 2.75) is 76.3 Å². The summed E-state index contributed by atoms with van der Waals surface area (Å²) in [5.41, 5.74) is 6.42.